The van der Waals surface area contributed by atoms with Gasteiger partial charge in [0.1, 0.15) is 5.76 Å². The zero-order valence-corrected chi connectivity index (χ0v) is 6.83. The Balaban J connectivity index is 2.17. The summed E-state index contributed by atoms with van der Waals surface area (Å²) in [7, 11) is 0. The molecule has 2 aliphatic rings. The van der Waals surface area contributed by atoms with Crippen molar-refractivity contribution in [2.75, 3.05) is 0 Å². The van der Waals surface area contributed by atoms with Crippen LogP contribution < -0.4 is 0 Å². The quantitative estimate of drug-likeness (QED) is 0.499. The summed E-state index contributed by atoms with van der Waals surface area (Å²) < 4.78 is 5.19. The van der Waals surface area contributed by atoms with E-state index in [1.54, 1.807) is 13.0 Å². The molecule has 64 valence electrons. The summed E-state index contributed by atoms with van der Waals surface area (Å²) in [6, 6.07) is 0. The van der Waals surface area contributed by atoms with Crippen molar-refractivity contribution in [2.24, 2.45) is 0 Å². The van der Waals surface area contributed by atoms with E-state index in [-0.39, 0.29) is 0 Å². The molecule has 1 aliphatic heterocycles. The van der Waals surface area contributed by atoms with Crippen molar-refractivity contribution >= 4 is 5.97 Å². The Bertz CT molecular complexity index is 299. The molecule has 1 fully saturated rings. The highest BCUT2D eigenvalue weighted by molar-refractivity contribution is 5.86. The number of fused-ring (bicyclic) bond motifs is 1. The van der Waals surface area contributed by atoms with Crippen LogP contribution in [0.3, 0.4) is 0 Å². The maximum atomic E-state index is 10.5. The molecule has 1 saturated heterocycles. The first kappa shape index (κ1) is 7.40. The Kier molecular flexibility index (Phi) is 1.46. The lowest BCUT2D eigenvalue weighted by molar-refractivity contribution is -0.132. The summed E-state index contributed by atoms with van der Waals surface area (Å²) in [5.74, 6) is 0.155. The van der Waals surface area contributed by atoms with Gasteiger partial charge in [0.2, 0.25) is 0 Å². The Labute approximate surface area is 70.3 Å². The van der Waals surface area contributed by atoms with Gasteiger partial charge in [0.05, 0.1) is 0 Å². The van der Waals surface area contributed by atoms with E-state index < -0.39 is 5.97 Å². The molecule has 1 unspecified atom stereocenters. The van der Waals surface area contributed by atoms with Crippen LogP contribution in [0.25, 0.3) is 0 Å². The Morgan fingerprint density at radius 2 is 2.50 bits per heavy atom. The number of allylic oxidation sites excluding steroid dienone is 2. The van der Waals surface area contributed by atoms with Gasteiger partial charge in [0, 0.05) is 5.57 Å². The minimum absolute atomic E-state index is 0.317. The molecule has 1 aliphatic carbocycles. The molecule has 1 N–H and O–H groups in total. The maximum absolute atomic E-state index is 10.5. The summed E-state index contributed by atoms with van der Waals surface area (Å²) >= 11 is 0. The molecule has 0 aromatic rings. The lowest BCUT2D eigenvalue weighted by Gasteiger charge is -1.95. The zero-order chi connectivity index (χ0) is 8.72. The molecule has 0 amide bonds. The normalized spacial score (nSPS) is 26.8. The summed E-state index contributed by atoms with van der Waals surface area (Å²) in [6.45, 7) is 1.60. The van der Waals surface area contributed by atoms with Gasteiger partial charge >= 0.3 is 5.97 Å². The predicted octanol–water partition coefficient (Wildman–Crippen LogP) is 1.46. The number of epoxide rings is 1. The summed E-state index contributed by atoms with van der Waals surface area (Å²) in [5, 5.41) is 8.61. The molecule has 1 heterocycles. The molecule has 12 heavy (non-hydrogen) atoms. The van der Waals surface area contributed by atoms with Crippen molar-refractivity contribution in [3.8, 4) is 0 Å². The van der Waals surface area contributed by atoms with Gasteiger partial charge in [-0.05, 0) is 31.4 Å². The number of aliphatic carboxylic acids is 1. The number of ether oxygens (including phenoxy) is 1. The number of carbonyl (C=O) groups is 1. The van der Waals surface area contributed by atoms with Crippen molar-refractivity contribution in [3.63, 3.8) is 0 Å². The van der Waals surface area contributed by atoms with E-state index in [0.717, 1.165) is 24.2 Å². The van der Waals surface area contributed by atoms with Crippen LogP contribution in [0, 0.1) is 0 Å². The van der Waals surface area contributed by atoms with E-state index >= 15 is 0 Å². The minimum atomic E-state index is -0.854. The van der Waals surface area contributed by atoms with Crippen LogP contribution in [-0.4, -0.2) is 17.2 Å². The largest absolute Gasteiger partial charge is 0.483 e. The topological polar surface area (TPSA) is 49.8 Å². The van der Waals surface area contributed by atoms with Crippen molar-refractivity contribution in [1.29, 1.82) is 0 Å². The maximum Gasteiger partial charge on any atom is 0.331 e. The Morgan fingerprint density at radius 3 is 2.92 bits per heavy atom. The molecule has 3 nitrogen and oxygen atoms in total. The van der Waals surface area contributed by atoms with E-state index in [1.165, 1.54) is 0 Å². The first-order chi connectivity index (χ1) is 5.68. The molecule has 0 aromatic heterocycles. The van der Waals surface area contributed by atoms with Crippen LogP contribution >= 0.6 is 0 Å². The van der Waals surface area contributed by atoms with Gasteiger partial charge in [-0.1, -0.05) is 0 Å². The van der Waals surface area contributed by atoms with Crippen LogP contribution in [0.1, 0.15) is 19.8 Å². The molecule has 0 spiro atoms. The Morgan fingerprint density at radius 1 is 1.75 bits per heavy atom. The number of carboxylic acid groups (broad SMARTS) is 1. The third-order valence-corrected chi connectivity index (χ3v) is 2.22. The zero-order valence-electron chi connectivity index (χ0n) is 6.83. The van der Waals surface area contributed by atoms with Crippen LogP contribution in [0.2, 0.25) is 0 Å². The lowest BCUT2D eigenvalue weighted by atomic mass is 10.1. The van der Waals surface area contributed by atoms with Crippen LogP contribution in [-0.2, 0) is 9.53 Å². The minimum Gasteiger partial charge on any atom is -0.483 e. The van der Waals surface area contributed by atoms with E-state index in [4.69, 9.17) is 9.84 Å². The smallest absolute Gasteiger partial charge is 0.331 e. The molecule has 2 rings (SSSR count). The third-order valence-electron chi connectivity index (χ3n) is 2.22. The van der Waals surface area contributed by atoms with Gasteiger partial charge < -0.3 is 9.84 Å². The highest BCUT2D eigenvalue weighted by Crippen LogP contribution is 2.43. The lowest BCUT2D eigenvalue weighted by Crippen LogP contribution is -1.96. The molecule has 0 bridgehead atoms. The molecular weight excluding hydrogens is 156 g/mol. The van der Waals surface area contributed by atoms with E-state index in [1.807, 2.05) is 0 Å². The van der Waals surface area contributed by atoms with E-state index in [0.29, 0.717) is 11.7 Å². The van der Waals surface area contributed by atoms with E-state index in [2.05, 4.69) is 0 Å². The monoisotopic (exact) mass is 166 g/mol. The fourth-order valence-electron chi connectivity index (χ4n) is 1.47. The Hall–Kier alpha value is -1.25. The number of hydrogen-bond donors (Lipinski definition) is 1. The van der Waals surface area contributed by atoms with Gasteiger partial charge in [-0.15, -0.1) is 0 Å². The number of rotatable bonds is 2. The second-order valence-electron chi connectivity index (χ2n) is 3.17. The third kappa shape index (κ3) is 1.11. The fraction of sp³-hybridized carbons (Fsp3) is 0.444. The highest BCUT2D eigenvalue weighted by Gasteiger charge is 2.40. The number of carboxylic acids is 1. The SMILES string of the molecule is CC(=CC1=C2OC2CC1)C(=O)O. The molecule has 0 radical (unpaired) electrons. The molecule has 1 atom stereocenters. The van der Waals surface area contributed by atoms with Gasteiger partial charge in [0.25, 0.3) is 0 Å². The van der Waals surface area contributed by atoms with Gasteiger partial charge in [-0.25, -0.2) is 4.79 Å². The van der Waals surface area contributed by atoms with Crippen LogP contribution in [0.5, 0.6) is 0 Å². The van der Waals surface area contributed by atoms with Crippen molar-refractivity contribution in [3.05, 3.63) is 23.0 Å². The second kappa shape index (κ2) is 2.37. The first-order valence-corrected chi connectivity index (χ1v) is 4.00. The molecule has 3 heteroatoms. The van der Waals surface area contributed by atoms with Crippen molar-refractivity contribution in [2.45, 2.75) is 25.9 Å². The predicted molar refractivity (Wildman–Crippen MR) is 42.5 cm³/mol. The summed E-state index contributed by atoms with van der Waals surface area (Å²) in [4.78, 5) is 10.5. The molecular formula is C9H10O3. The second-order valence-corrected chi connectivity index (χ2v) is 3.17. The summed E-state index contributed by atoms with van der Waals surface area (Å²) in [6.07, 6.45) is 4.02. The molecule has 0 aromatic carbocycles. The van der Waals surface area contributed by atoms with E-state index in [9.17, 15) is 4.79 Å². The van der Waals surface area contributed by atoms with Crippen LogP contribution in [0.4, 0.5) is 0 Å². The summed E-state index contributed by atoms with van der Waals surface area (Å²) in [5.41, 5.74) is 1.45. The average molecular weight is 166 g/mol. The van der Waals surface area contributed by atoms with Gasteiger partial charge in [0.15, 0.2) is 6.10 Å². The number of hydrogen-bond acceptors (Lipinski definition) is 2. The van der Waals surface area contributed by atoms with Crippen molar-refractivity contribution < 1.29 is 14.6 Å². The standard InChI is InChI=1S/C9H10O3/c1-5(9(10)11)4-6-2-3-7-8(6)12-7/h4,7H,2-3H2,1H3,(H,10,11). The highest BCUT2D eigenvalue weighted by atomic mass is 16.6. The first-order valence-electron chi connectivity index (χ1n) is 4.00. The van der Waals surface area contributed by atoms with Gasteiger partial charge in [-0.3, -0.25) is 0 Å². The average Bonchev–Trinajstić information content (AvgIpc) is 2.70. The molecule has 0 saturated carbocycles. The van der Waals surface area contributed by atoms with Gasteiger partial charge in [-0.2, -0.15) is 0 Å². The fourth-order valence-corrected chi connectivity index (χ4v) is 1.47. The van der Waals surface area contributed by atoms with Crippen molar-refractivity contribution in [1.82, 2.24) is 0 Å². The van der Waals surface area contributed by atoms with Crippen LogP contribution in [0.15, 0.2) is 23.0 Å².